The van der Waals surface area contributed by atoms with E-state index in [1.165, 1.54) is 0 Å². The van der Waals surface area contributed by atoms with Crippen molar-refractivity contribution in [3.63, 3.8) is 0 Å². The van der Waals surface area contributed by atoms with Crippen LogP contribution >= 0.6 is 12.2 Å². The van der Waals surface area contributed by atoms with Crippen molar-refractivity contribution in [2.75, 3.05) is 12.0 Å². The first-order valence-corrected chi connectivity index (χ1v) is 7.18. The van der Waals surface area contributed by atoms with E-state index in [-0.39, 0.29) is 0 Å². The topological polar surface area (TPSA) is 61.6 Å². The molecular weight excluding hydrogens is 254 g/mol. The molecule has 1 unspecified atom stereocenters. The number of fused-ring (bicyclic) bond motifs is 1. The minimum absolute atomic E-state index is 0.554. The Balaban J connectivity index is 2.53. The Bertz CT molecular complexity index is 678. The first kappa shape index (κ1) is 12.0. The third-order valence-corrected chi connectivity index (χ3v) is 3.59. The molecule has 17 heavy (non-hydrogen) atoms. The van der Waals surface area contributed by atoms with Gasteiger partial charge >= 0.3 is 0 Å². The van der Waals surface area contributed by atoms with E-state index in [9.17, 15) is 4.21 Å². The lowest BCUT2D eigenvalue weighted by Gasteiger charge is -2.02. The van der Waals surface area contributed by atoms with Crippen molar-refractivity contribution >= 4 is 34.1 Å². The van der Waals surface area contributed by atoms with Gasteiger partial charge in [0.25, 0.3) is 0 Å². The van der Waals surface area contributed by atoms with Crippen LogP contribution in [0.4, 0.5) is 0 Å². The Labute approximate surface area is 106 Å². The molecule has 0 radical (unpaired) electrons. The molecule has 0 aliphatic carbocycles. The monoisotopic (exact) mass is 265 g/mol. The molecular formula is C11H11N3OS2. The van der Waals surface area contributed by atoms with E-state index in [1.54, 1.807) is 18.4 Å². The number of nitriles is 1. The zero-order valence-electron chi connectivity index (χ0n) is 9.27. The summed E-state index contributed by atoms with van der Waals surface area (Å²) in [5.41, 5.74) is 2.38. The Morgan fingerprint density at radius 1 is 1.59 bits per heavy atom. The van der Waals surface area contributed by atoms with E-state index in [0.717, 1.165) is 11.0 Å². The van der Waals surface area contributed by atoms with Crippen molar-refractivity contribution in [2.45, 2.75) is 6.54 Å². The zero-order valence-corrected chi connectivity index (χ0v) is 10.9. The largest absolute Gasteiger partial charge is 0.331 e. The van der Waals surface area contributed by atoms with Crippen molar-refractivity contribution < 1.29 is 4.21 Å². The average Bonchev–Trinajstić information content (AvgIpc) is 2.61. The predicted octanol–water partition coefficient (Wildman–Crippen LogP) is 1.95. The van der Waals surface area contributed by atoms with Crippen molar-refractivity contribution in [1.29, 1.82) is 5.26 Å². The summed E-state index contributed by atoms with van der Waals surface area (Å²) in [4.78, 5) is 3.07. The van der Waals surface area contributed by atoms with E-state index in [4.69, 9.17) is 17.5 Å². The quantitative estimate of drug-likeness (QED) is 0.863. The molecule has 0 aliphatic heterocycles. The second kappa shape index (κ2) is 4.82. The number of nitrogens with zero attached hydrogens (tertiary/aromatic N) is 2. The number of hydrogen-bond donors (Lipinski definition) is 1. The number of hydrogen-bond acceptors (Lipinski definition) is 3. The van der Waals surface area contributed by atoms with Gasteiger partial charge in [0.1, 0.15) is 0 Å². The molecule has 0 saturated carbocycles. The minimum Gasteiger partial charge on any atom is -0.331 e. The zero-order chi connectivity index (χ0) is 12.4. The van der Waals surface area contributed by atoms with Crippen LogP contribution in [0.1, 0.15) is 5.56 Å². The fourth-order valence-corrected chi connectivity index (χ4v) is 2.40. The van der Waals surface area contributed by atoms with Crippen molar-refractivity contribution in [3.8, 4) is 6.07 Å². The minimum atomic E-state index is -0.855. The first-order chi connectivity index (χ1) is 8.11. The number of aromatic amines is 1. The molecule has 0 saturated heterocycles. The van der Waals surface area contributed by atoms with Crippen molar-refractivity contribution in [3.05, 3.63) is 28.5 Å². The van der Waals surface area contributed by atoms with E-state index in [2.05, 4.69) is 11.1 Å². The van der Waals surface area contributed by atoms with Gasteiger partial charge in [-0.15, -0.1) is 0 Å². The lowest BCUT2D eigenvalue weighted by molar-refractivity contribution is 0.678. The molecule has 1 heterocycles. The van der Waals surface area contributed by atoms with Gasteiger partial charge in [-0.3, -0.25) is 4.21 Å². The van der Waals surface area contributed by atoms with Crippen LogP contribution in [0.25, 0.3) is 11.0 Å². The molecule has 1 aromatic heterocycles. The maximum atomic E-state index is 11.1. The molecule has 88 valence electrons. The fourth-order valence-electron chi connectivity index (χ4n) is 1.66. The van der Waals surface area contributed by atoms with Gasteiger partial charge in [-0.2, -0.15) is 5.26 Å². The number of benzene rings is 1. The van der Waals surface area contributed by atoms with Crippen LogP contribution in [0, 0.1) is 16.1 Å². The Kier molecular flexibility index (Phi) is 3.41. The van der Waals surface area contributed by atoms with E-state index >= 15 is 0 Å². The van der Waals surface area contributed by atoms with Crippen LogP contribution in [0.3, 0.4) is 0 Å². The van der Waals surface area contributed by atoms with Gasteiger partial charge < -0.3 is 9.55 Å². The molecule has 6 heteroatoms. The SMILES string of the molecule is CS(=O)CCn1c(=S)[nH]c2ccc(C#N)cc21. The van der Waals surface area contributed by atoms with E-state index in [0.29, 0.717) is 22.6 Å². The Morgan fingerprint density at radius 2 is 2.35 bits per heavy atom. The van der Waals surface area contributed by atoms with Gasteiger partial charge in [-0.1, -0.05) is 0 Å². The third-order valence-electron chi connectivity index (χ3n) is 2.51. The molecule has 4 nitrogen and oxygen atoms in total. The first-order valence-electron chi connectivity index (χ1n) is 5.04. The number of nitrogens with one attached hydrogen (secondary N) is 1. The van der Waals surface area contributed by atoms with Gasteiger partial charge in [0, 0.05) is 29.4 Å². The maximum absolute atomic E-state index is 11.1. The van der Waals surface area contributed by atoms with Crippen molar-refractivity contribution in [2.24, 2.45) is 0 Å². The summed E-state index contributed by atoms with van der Waals surface area (Å²) in [5, 5.41) is 8.87. The van der Waals surface area contributed by atoms with E-state index < -0.39 is 10.8 Å². The molecule has 0 aliphatic rings. The van der Waals surface area contributed by atoms with Crippen LogP contribution < -0.4 is 0 Å². The van der Waals surface area contributed by atoms with Crippen LogP contribution in [0.2, 0.25) is 0 Å². The Morgan fingerprint density at radius 3 is 3.00 bits per heavy atom. The highest BCUT2D eigenvalue weighted by molar-refractivity contribution is 7.84. The lowest BCUT2D eigenvalue weighted by Crippen LogP contribution is -2.06. The van der Waals surface area contributed by atoms with Crippen LogP contribution in [-0.4, -0.2) is 25.8 Å². The van der Waals surface area contributed by atoms with Crippen molar-refractivity contribution in [1.82, 2.24) is 9.55 Å². The molecule has 0 amide bonds. The number of aromatic nitrogens is 2. The third kappa shape index (κ3) is 2.46. The summed E-state index contributed by atoms with van der Waals surface area (Å²) in [5.74, 6) is 0.554. The van der Waals surface area contributed by atoms with Gasteiger partial charge in [0.2, 0.25) is 0 Å². The second-order valence-corrected chi connectivity index (χ2v) is 5.64. The molecule has 0 spiro atoms. The molecule has 0 fully saturated rings. The summed E-state index contributed by atoms with van der Waals surface area (Å²) in [6.45, 7) is 0.594. The second-order valence-electron chi connectivity index (χ2n) is 3.70. The van der Waals surface area contributed by atoms with Crippen LogP contribution in [0.5, 0.6) is 0 Å². The molecule has 1 aromatic carbocycles. The lowest BCUT2D eigenvalue weighted by atomic mass is 10.2. The Hall–Kier alpha value is -1.45. The molecule has 2 aromatic rings. The smallest absolute Gasteiger partial charge is 0.178 e. The summed E-state index contributed by atoms with van der Waals surface area (Å²) in [7, 11) is -0.855. The number of H-pyrrole nitrogens is 1. The molecule has 1 atom stereocenters. The molecule has 1 N–H and O–H groups in total. The molecule has 0 bridgehead atoms. The van der Waals surface area contributed by atoms with Crippen LogP contribution in [-0.2, 0) is 17.3 Å². The van der Waals surface area contributed by atoms with Crippen LogP contribution in [0.15, 0.2) is 18.2 Å². The fraction of sp³-hybridized carbons (Fsp3) is 0.273. The normalized spacial score (nSPS) is 12.5. The summed E-state index contributed by atoms with van der Waals surface area (Å²) in [6, 6.07) is 7.47. The summed E-state index contributed by atoms with van der Waals surface area (Å²) < 4.78 is 13.6. The number of imidazole rings is 1. The van der Waals surface area contributed by atoms with Gasteiger partial charge in [0.15, 0.2) is 4.77 Å². The van der Waals surface area contributed by atoms with E-state index in [1.807, 2.05) is 10.6 Å². The predicted molar refractivity (Wildman–Crippen MR) is 70.8 cm³/mol. The van der Waals surface area contributed by atoms with Gasteiger partial charge in [0.05, 0.1) is 22.7 Å². The summed E-state index contributed by atoms with van der Waals surface area (Å²) >= 11 is 5.21. The highest BCUT2D eigenvalue weighted by Crippen LogP contribution is 2.15. The maximum Gasteiger partial charge on any atom is 0.178 e. The number of rotatable bonds is 3. The highest BCUT2D eigenvalue weighted by atomic mass is 32.2. The molecule has 2 rings (SSSR count). The number of aryl methyl sites for hydroxylation is 1. The average molecular weight is 265 g/mol. The van der Waals surface area contributed by atoms with Gasteiger partial charge in [-0.25, -0.2) is 0 Å². The standard InChI is InChI=1S/C11H11N3OS2/c1-17(15)5-4-14-10-6-8(7-12)2-3-9(10)13-11(14)16/h2-3,6H,4-5H2,1H3,(H,13,16). The summed E-state index contributed by atoms with van der Waals surface area (Å²) in [6.07, 6.45) is 1.67. The highest BCUT2D eigenvalue weighted by Gasteiger charge is 2.05. The van der Waals surface area contributed by atoms with Gasteiger partial charge in [-0.05, 0) is 30.4 Å².